The van der Waals surface area contributed by atoms with Crippen molar-refractivity contribution in [2.24, 2.45) is 0 Å². The summed E-state index contributed by atoms with van der Waals surface area (Å²) in [5.74, 6) is 0. The molecule has 17 heavy (non-hydrogen) atoms. The molecule has 1 heterocycles. The predicted octanol–water partition coefficient (Wildman–Crippen LogP) is 5.76. The maximum absolute atomic E-state index is 6.64. The molecule has 0 saturated carbocycles. The molecule has 0 radical (unpaired) electrons. The summed E-state index contributed by atoms with van der Waals surface area (Å²) in [4.78, 5) is 2.48. The lowest BCUT2D eigenvalue weighted by atomic mass is 9.99. The normalized spacial score (nSPS) is 12.8. The third kappa shape index (κ3) is 2.59. The van der Waals surface area contributed by atoms with Crippen molar-refractivity contribution < 1.29 is 0 Å². The van der Waals surface area contributed by atoms with Crippen LogP contribution in [-0.2, 0) is 0 Å². The molecule has 0 aliphatic carbocycles. The fourth-order valence-electron chi connectivity index (χ4n) is 2.03. The zero-order chi connectivity index (χ0) is 12.6. The molecule has 0 fully saturated rings. The predicted molar refractivity (Wildman–Crippen MR) is 80.4 cm³/mol. The first-order valence-corrected chi connectivity index (χ1v) is 7.51. The van der Waals surface area contributed by atoms with E-state index >= 15 is 0 Å². The number of rotatable bonds is 2. The van der Waals surface area contributed by atoms with E-state index in [4.69, 9.17) is 11.6 Å². The molecule has 1 aromatic heterocycles. The second kappa shape index (κ2) is 5.13. The molecule has 90 valence electrons. The fourth-order valence-corrected chi connectivity index (χ4v) is 4.63. The van der Waals surface area contributed by atoms with Crippen molar-refractivity contribution >= 4 is 38.9 Å². The average Bonchev–Trinajstić information content (AvgIpc) is 2.57. The Morgan fingerprint density at radius 3 is 2.24 bits per heavy atom. The SMILES string of the molecule is Cc1cc(Br)c(C(Cl)c2c(C)cccc2C)s1. The number of hydrogen-bond donors (Lipinski definition) is 0. The van der Waals surface area contributed by atoms with Crippen LogP contribution in [-0.4, -0.2) is 0 Å². The van der Waals surface area contributed by atoms with Crippen molar-refractivity contribution in [3.05, 3.63) is 55.2 Å². The van der Waals surface area contributed by atoms with Gasteiger partial charge in [-0.2, -0.15) is 0 Å². The van der Waals surface area contributed by atoms with E-state index in [1.807, 2.05) is 0 Å². The van der Waals surface area contributed by atoms with Crippen molar-refractivity contribution in [3.63, 3.8) is 0 Å². The molecule has 0 spiro atoms. The molecular formula is C14H14BrClS. The Hall–Kier alpha value is -0.310. The lowest BCUT2D eigenvalue weighted by Crippen LogP contribution is -1.98. The van der Waals surface area contributed by atoms with E-state index < -0.39 is 0 Å². The van der Waals surface area contributed by atoms with Gasteiger partial charge in [-0.15, -0.1) is 22.9 Å². The Labute approximate surface area is 120 Å². The standard InChI is InChI=1S/C14H14BrClS/c1-8-5-4-6-9(2)12(8)13(16)14-11(15)7-10(3)17-14/h4-7,13H,1-3H3. The number of halogens is 2. The minimum Gasteiger partial charge on any atom is -0.143 e. The maximum atomic E-state index is 6.64. The number of thiophene rings is 1. The van der Waals surface area contributed by atoms with Gasteiger partial charge >= 0.3 is 0 Å². The van der Waals surface area contributed by atoms with Crippen molar-refractivity contribution in [3.8, 4) is 0 Å². The summed E-state index contributed by atoms with van der Waals surface area (Å²) < 4.78 is 1.11. The Morgan fingerprint density at radius 2 is 1.76 bits per heavy atom. The summed E-state index contributed by atoms with van der Waals surface area (Å²) in [6, 6.07) is 8.44. The molecule has 0 saturated heterocycles. The van der Waals surface area contributed by atoms with Gasteiger partial charge in [-0.1, -0.05) is 18.2 Å². The van der Waals surface area contributed by atoms with E-state index in [9.17, 15) is 0 Å². The maximum Gasteiger partial charge on any atom is 0.0944 e. The first-order valence-electron chi connectivity index (χ1n) is 5.46. The first kappa shape index (κ1) is 13.1. The second-order valence-corrected chi connectivity index (χ2v) is 6.82. The summed E-state index contributed by atoms with van der Waals surface area (Å²) >= 11 is 12.0. The molecule has 3 heteroatoms. The van der Waals surface area contributed by atoms with E-state index in [1.54, 1.807) is 11.3 Å². The molecule has 1 aromatic carbocycles. The van der Waals surface area contributed by atoms with Crippen LogP contribution < -0.4 is 0 Å². The Morgan fingerprint density at radius 1 is 1.18 bits per heavy atom. The van der Waals surface area contributed by atoms with Gasteiger partial charge < -0.3 is 0 Å². The summed E-state index contributed by atoms with van der Waals surface area (Å²) in [6.07, 6.45) is 0. The highest BCUT2D eigenvalue weighted by Gasteiger charge is 2.19. The van der Waals surface area contributed by atoms with E-state index in [0.29, 0.717) is 0 Å². The largest absolute Gasteiger partial charge is 0.143 e. The minimum absolute atomic E-state index is 0.0655. The molecule has 1 atom stereocenters. The van der Waals surface area contributed by atoms with Crippen LogP contribution in [0.1, 0.15) is 31.8 Å². The van der Waals surface area contributed by atoms with Gasteiger partial charge in [0.25, 0.3) is 0 Å². The topological polar surface area (TPSA) is 0 Å². The number of hydrogen-bond acceptors (Lipinski definition) is 1. The van der Waals surface area contributed by atoms with Crippen LogP contribution in [0.4, 0.5) is 0 Å². The molecule has 0 aliphatic heterocycles. The highest BCUT2D eigenvalue weighted by Crippen LogP contribution is 2.41. The van der Waals surface area contributed by atoms with E-state index in [0.717, 1.165) is 4.47 Å². The van der Waals surface area contributed by atoms with E-state index in [1.165, 1.54) is 26.4 Å². The second-order valence-electron chi connectivity index (χ2n) is 4.24. The molecule has 2 aromatic rings. The van der Waals surface area contributed by atoms with Crippen LogP contribution in [0.3, 0.4) is 0 Å². The Kier molecular flexibility index (Phi) is 3.96. The molecule has 0 aliphatic rings. The number of alkyl halides is 1. The Balaban J connectivity index is 2.51. The third-order valence-electron chi connectivity index (χ3n) is 2.86. The van der Waals surface area contributed by atoms with Crippen molar-refractivity contribution in [2.75, 3.05) is 0 Å². The van der Waals surface area contributed by atoms with Crippen LogP contribution in [0.25, 0.3) is 0 Å². The molecule has 1 unspecified atom stereocenters. The summed E-state index contributed by atoms with van der Waals surface area (Å²) in [5, 5.41) is -0.0655. The molecular weight excluding hydrogens is 316 g/mol. The molecule has 2 rings (SSSR count). The van der Waals surface area contributed by atoms with Crippen LogP contribution in [0.15, 0.2) is 28.7 Å². The molecule has 0 bridgehead atoms. The van der Waals surface area contributed by atoms with Crippen LogP contribution in [0, 0.1) is 20.8 Å². The number of aryl methyl sites for hydroxylation is 3. The summed E-state index contributed by atoms with van der Waals surface area (Å²) in [5.41, 5.74) is 3.74. The van der Waals surface area contributed by atoms with Gasteiger partial charge in [0, 0.05) is 14.2 Å². The van der Waals surface area contributed by atoms with Crippen molar-refractivity contribution in [2.45, 2.75) is 26.1 Å². The molecule has 0 amide bonds. The lowest BCUT2D eigenvalue weighted by molar-refractivity contribution is 1.10. The zero-order valence-corrected chi connectivity index (χ0v) is 13.2. The van der Waals surface area contributed by atoms with E-state index in [2.05, 4.69) is 61.0 Å². The van der Waals surface area contributed by atoms with Gasteiger partial charge in [0.2, 0.25) is 0 Å². The van der Waals surface area contributed by atoms with Gasteiger partial charge in [0.15, 0.2) is 0 Å². The zero-order valence-electron chi connectivity index (χ0n) is 10.1. The van der Waals surface area contributed by atoms with Crippen molar-refractivity contribution in [1.82, 2.24) is 0 Å². The smallest absolute Gasteiger partial charge is 0.0944 e. The van der Waals surface area contributed by atoms with Gasteiger partial charge in [-0.05, 0) is 59.5 Å². The highest BCUT2D eigenvalue weighted by atomic mass is 79.9. The first-order chi connectivity index (χ1) is 8.00. The average molecular weight is 330 g/mol. The van der Waals surface area contributed by atoms with Gasteiger partial charge in [-0.25, -0.2) is 0 Å². The van der Waals surface area contributed by atoms with Crippen LogP contribution in [0.5, 0.6) is 0 Å². The van der Waals surface area contributed by atoms with Gasteiger partial charge in [0.1, 0.15) is 0 Å². The van der Waals surface area contributed by atoms with E-state index in [-0.39, 0.29) is 5.38 Å². The van der Waals surface area contributed by atoms with Crippen LogP contribution >= 0.6 is 38.9 Å². The quantitative estimate of drug-likeness (QED) is 0.614. The highest BCUT2D eigenvalue weighted by molar-refractivity contribution is 9.10. The monoisotopic (exact) mass is 328 g/mol. The lowest BCUT2D eigenvalue weighted by Gasteiger charge is -2.15. The fraction of sp³-hybridized carbons (Fsp3) is 0.286. The van der Waals surface area contributed by atoms with Crippen LogP contribution in [0.2, 0.25) is 0 Å². The summed E-state index contributed by atoms with van der Waals surface area (Å²) in [7, 11) is 0. The molecule has 0 N–H and O–H groups in total. The molecule has 0 nitrogen and oxygen atoms in total. The minimum atomic E-state index is -0.0655. The number of benzene rings is 1. The van der Waals surface area contributed by atoms with Gasteiger partial charge in [-0.3, -0.25) is 0 Å². The van der Waals surface area contributed by atoms with Crippen molar-refractivity contribution in [1.29, 1.82) is 0 Å². The third-order valence-corrected chi connectivity index (χ3v) is 5.46. The Bertz CT molecular complexity index is 525. The summed E-state index contributed by atoms with van der Waals surface area (Å²) in [6.45, 7) is 6.34. The van der Waals surface area contributed by atoms with Gasteiger partial charge in [0.05, 0.1) is 5.38 Å².